The Morgan fingerprint density at radius 1 is 1.15 bits per heavy atom. The van der Waals surface area contributed by atoms with Gasteiger partial charge in [-0.2, -0.15) is 0 Å². The first-order valence-electron chi connectivity index (χ1n) is 4.44. The lowest BCUT2D eigenvalue weighted by Crippen LogP contribution is -1.96. The second-order valence-corrected chi connectivity index (χ2v) is 3.30. The van der Waals surface area contributed by atoms with Crippen molar-refractivity contribution in [3.05, 3.63) is 34.4 Å². The first-order valence-corrected chi connectivity index (χ1v) is 4.44. The first kappa shape index (κ1) is 10.2. The topological polar surface area (TPSA) is 0 Å². The highest BCUT2D eigenvalue weighted by Gasteiger charge is 2.13. The van der Waals surface area contributed by atoms with Gasteiger partial charge in [0.25, 0.3) is 6.43 Å². The van der Waals surface area contributed by atoms with Gasteiger partial charge in [-0.25, -0.2) is 8.78 Å². The van der Waals surface area contributed by atoms with Crippen molar-refractivity contribution < 1.29 is 8.78 Å². The minimum Gasteiger partial charge on any atom is -0.205 e. The highest BCUT2D eigenvalue weighted by Crippen LogP contribution is 2.27. The SMILES string of the molecule is CCc1cc(C)c(C(F)F)c(C)c1. The van der Waals surface area contributed by atoms with Crippen LogP contribution in [0, 0.1) is 13.8 Å². The van der Waals surface area contributed by atoms with Gasteiger partial charge in [0.2, 0.25) is 0 Å². The van der Waals surface area contributed by atoms with E-state index in [1.807, 2.05) is 19.1 Å². The van der Waals surface area contributed by atoms with Crippen LogP contribution in [-0.2, 0) is 6.42 Å². The zero-order valence-electron chi connectivity index (χ0n) is 8.20. The summed E-state index contributed by atoms with van der Waals surface area (Å²) in [5.74, 6) is 0. The summed E-state index contributed by atoms with van der Waals surface area (Å²) in [4.78, 5) is 0. The third kappa shape index (κ3) is 2.06. The monoisotopic (exact) mass is 184 g/mol. The average molecular weight is 184 g/mol. The van der Waals surface area contributed by atoms with Gasteiger partial charge in [-0.15, -0.1) is 0 Å². The third-order valence-corrected chi connectivity index (χ3v) is 2.28. The lowest BCUT2D eigenvalue weighted by Gasteiger charge is -2.10. The molecule has 0 aliphatic heterocycles. The number of hydrogen-bond donors (Lipinski definition) is 0. The summed E-state index contributed by atoms with van der Waals surface area (Å²) in [6.07, 6.45) is -1.46. The molecule has 13 heavy (non-hydrogen) atoms. The van der Waals surface area contributed by atoms with Gasteiger partial charge in [-0.1, -0.05) is 19.1 Å². The molecule has 0 unspecified atom stereocenters. The molecule has 0 aliphatic rings. The minimum atomic E-state index is -2.36. The van der Waals surface area contributed by atoms with Gasteiger partial charge >= 0.3 is 0 Å². The number of alkyl halides is 2. The highest BCUT2D eigenvalue weighted by molar-refractivity contribution is 5.38. The maximum Gasteiger partial charge on any atom is 0.264 e. The predicted octanol–water partition coefficient (Wildman–Crippen LogP) is 3.80. The summed E-state index contributed by atoms with van der Waals surface area (Å²) in [5.41, 5.74) is 2.72. The smallest absolute Gasteiger partial charge is 0.205 e. The molecular weight excluding hydrogens is 170 g/mol. The van der Waals surface area contributed by atoms with Gasteiger partial charge in [0, 0.05) is 5.56 Å². The van der Waals surface area contributed by atoms with Crippen molar-refractivity contribution in [1.82, 2.24) is 0 Å². The van der Waals surface area contributed by atoms with Crippen LogP contribution in [-0.4, -0.2) is 0 Å². The molecule has 0 amide bonds. The van der Waals surface area contributed by atoms with Crippen LogP contribution in [0.3, 0.4) is 0 Å². The lowest BCUT2D eigenvalue weighted by atomic mass is 9.98. The van der Waals surface area contributed by atoms with E-state index in [1.165, 1.54) is 0 Å². The molecule has 72 valence electrons. The summed E-state index contributed by atoms with van der Waals surface area (Å²) in [6.45, 7) is 5.51. The van der Waals surface area contributed by atoms with Crippen molar-refractivity contribution >= 4 is 0 Å². The fourth-order valence-corrected chi connectivity index (χ4v) is 1.61. The van der Waals surface area contributed by atoms with Crippen LogP contribution in [0.4, 0.5) is 8.78 Å². The molecule has 0 radical (unpaired) electrons. The summed E-state index contributed by atoms with van der Waals surface area (Å²) in [6, 6.07) is 3.68. The molecule has 0 nitrogen and oxygen atoms in total. The van der Waals surface area contributed by atoms with Crippen molar-refractivity contribution in [2.45, 2.75) is 33.6 Å². The third-order valence-electron chi connectivity index (χ3n) is 2.28. The summed E-state index contributed by atoms with van der Waals surface area (Å²) >= 11 is 0. The second kappa shape index (κ2) is 3.86. The maximum absolute atomic E-state index is 12.5. The Balaban J connectivity index is 3.23. The van der Waals surface area contributed by atoms with Crippen LogP contribution in [0.15, 0.2) is 12.1 Å². The van der Waals surface area contributed by atoms with Crippen molar-refractivity contribution in [1.29, 1.82) is 0 Å². The summed E-state index contributed by atoms with van der Waals surface area (Å²) in [7, 11) is 0. The molecule has 0 atom stereocenters. The molecule has 0 saturated heterocycles. The van der Waals surface area contributed by atoms with Gasteiger partial charge in [-0.3, -0.25) is 0 Å². The molecule has 0 aromatic heterocycles. The summed E-state index contributed by atoms with van der Waals surface area (Å²) < 4.78 is 25.0. The largest absolute Gasteiger partial charge is 0.264 e. The molecule has 2 heteroatoms. The number of rotatable bonds is 2. The van der Waals surface area contributed by atoms with Gasteiger partial charge in [-0.05, 0) is 37.0 Å². The average Bonchev–Trinajstić information content (AvgIpc) is 2.02. The summed E-state index contributed by atoms with van der Waals surface area (Å²) in [5, 5.41) is 0. The Morgan fingerprint density at radius 3 is 1.92 bits per heavy atom. The van der Waals surface area contributed by atoms with Crippen LogP contribution in [0.1, 0.15) is 35.6 Å². The molecule has 0 saturated carbocycles. The molecule has 1 aromatic rings. The van der Waals surface area contributed by atoms with Crippen LogP contribution in [0.25, 0.3) is 0 Å². The molecule has 0 spiro atoms. The quantitative estimate of drug-likeness (QED) is 0.655. The van der Waals surface area contributed by atoms with Crippen molar-refractivity contribution in [3.8, 4) is 0 Å². The van der Waals surface area contributed by atoms with E-state index in [0.29, 0.717) is 11.1 Å². The van der Waals surface area contributed by atoms with E-state index in [9.17, 15) is 8.78 Å². The Kier molecular flexibility index (Phi) is 3.02. The van der Waals surface area contributed by atoms with E-state index >= 15 is 0 Å². The number of halogens is 2. The predicted molar refractivity (Wildman–Crippen MR) is 50.3 cm³/mol. The standard InChI is InChI=1S/C11H14F2/c1-4-9-5-7(2)10(11(12)13)8(3)6-9/h5-6,11H,4H2,1-3H3. The van der Waals surface area contributed by atoms with Crippen LogP contribution in [0.2, 0.25) is 0 Å². The Hall–Kier alpha value is -0.920. The minimum absolute atomic E-state index is 0.192. The first-order chi connectivity index (χ1) is 6.06. The van der Waals surface area contributed by atoms with Crippen LogP contribution < -0.4 is 0 Å². The van der Waals surface area contributed by atoms with Gasteiger partial charge in [0.1, 0.15) is 0 Å². The van der Waals surface area contributed by atoms with E-state index in [-0.39, 0.29) is 5.56 Å². The highest BCUT2D eigenvalue weighted by atomic mass is 19.3. The van der Waals surface area contributed by atoms with Gasteiger partial charge in [0.05, 0.1) is 0 Å². The Morgan fingerprint density at radius 2 is 1.62 bits per heavy atom. The molecule has 0 fully saturated rings. The fraction of sp³-hybridized carbons (Fsp3) is 0.455. The van der Waals surface area contributed by atoms with E-state index in [2.05, 4.69) is 0 Å². The molecule has 1 rings (SSSR count). The molecule has 0 aliphatic carbocycles. The van der Waals surface area contributed by atoms with E-state index < -0.39 is 6.43 Å². The number of hydrogen-bond acceptors (Lipinski definition) is 0. The molecule has 0 bridgehead atoms. The van der Waals surface area contributed by atoms with Crippen molar-refractivity contribution in [2.24, 2.45) is 0 Å². The molecule has 0 N–H and O–H groups in total. The number of benzene rings is 1. The van der Waals surface area contributed by atoms with E-state index in [4.69, 9.17) is 0 Å². The normalized spacial score (nSPS) is 10.9. The van der Waals surface area contributed by atoms with E-state index in [0.717, 1.165) is 12.0 Å². The Labute approximate surface area is 77.6 Å². The van der Waals surface area contributed by atoms with Gasteiger partial charge in [0.15, 0.2) is 0 Å². The Bertz CT molecular complexity index is 280. The zero-order chi connectivity index (χ0) is 10.0. The van der Waals surface area contributed by atoms with Crippen molar-refractivity contribution in [3.63, 3.8) is 0 Å². The van der Waals surface area contributed by atoms with E-state index in [1.54, 1.807) is 13.8 Å². The van der Waals surface area contributed by atoms with Crippen molar-refractivity contribution in [2.75, 3.05) is 0 Å². The number of aryl methyl sites for hydroxylation is 3. The second-order valence-electron chi connectivity index (χ2n) is 3.30. The lowest BCUT2D eigenvalue weighted by molar-refractivity contribution is 0.150. The molecular formula is C11H14F2. The maximum atomic E-state index is 12.5. The molecule has 1 aromatic carbocycles. The fourth-order valence-electron chi connectivity index (χ4n) is 1.61. The van der Waals surface area contributed by atoms with Crippen LogP contribution in [0.5, 0.6) is 0 Å². The van der Waals surface area contributed by atoms with Crippen LogP contribution >= 0.6 is 0 Å². The zero-order valence-corrected chi connectivity index (χ0v) is 8.20. The molecule has 0 heterocycles. The van der Waals surface area contributed by atoms with Gasteiger partial charge < -0.3 is 0 Å².